The fourth-order valence-electron chi connectivity index (χ4n) is 4.76. The van der Waals surface area contributed by atoms with Gasteiger partial charge in [-0.05, 0) is 70.1 Å². The van der Waals surface area contributed by atoms with Gasteiger partial charge in [-0.25, -0.2) is 14.6 Å². The number of carboxylic acid groups (broad SMARTS) is 1. The third-order valence-electron chi connectivity index (χ3n) is 6.66. The Labute approximate surface area is 226 Å². The highest BCUT2D eigenvalue weighted by Crippen LogP contribution is 2.42. The maximum absolute atomic E-state index is 13.6. The second kappa shape index (κ2) is 10.3. The van der Waals surface area contributed by atoms with Crippen molar-refractivity contribution in [1.82, 2.24) is 19.5 Å². The molecular formula is C27H33ClN6O4. The van der Waals surface area contributed by atoms with Crippen LogP contribution >= 0.6 is 11.6 Å². The second-order valence-electron chi connectivity index (χ2n) is 11.0. The molecule has 5 rings (SSSR count). The van der Waals surface area contributed by atoms with Crippen molar-refractivity contribution in [2.45, 2.75) is 70.6 Å². The van der Waals surface area contributed by atoms with Gasteiger partial charge in [-0.15, -0.1) is 0 Å². The van der Waals surface area contributed by atoms with Gasteiger partial charge < -0.3 is 20.1 Å². The van der Waals surface area contributed by atoms with Crippen LogP contribution in [0.1, 0.15) is 63.5 Å². The quantitative estimate of drug-likeness (QED) is 0.409. The highest BCUT2D eigenvalue weighted by atomic mass is 35.5. The Morgan fingerprint density at radius 2 is 2.03 bits per heavy atom. The van der Waals surface area contributed by atoms with Crippen molar-refractivity contribution in [1.29, 1.82) is 0 Å². The molecule has 10 nitrogen and oxygen atoms in total. The molecule has 1 aliphatic carbocycles. The minimum Gasteiger partial charge on any atom is -0.465 e. The molecule has 3 heterocycles. The lowest BCUT2D eigenvalue weighted by Gasteiger charge is -2.32. The number of likely N-dealkylation sites (tertiary alicyclic amines) is 1. The second-order valence-corrected chi connectivity index (χ2v) is 11.5. The number of nitrogens with one attached hydrogen (secondary N) is 1. The summed E-state index contributed by atoms with van der Waals surface area (Å²) in [4.78, 5) is 33.0. The van der Waals surface area contributed by atoms with E-state index >= 15 is 0 Å². The predicted octanol–water partition coefficient (Wildman–Crippen LogP) is 5.76. The van der Waals surface area contributed by atoms with Gasteiger partial charge in [0.2, 0.25) is 0 Å². The van der Waals surface area contributed by atoms with E-state index in [1.54, 1.807) is 21.5 Å². The Morgan fingerprint density at radius 1 is 1.24 bits per heavy atom. The number of carbonyl (C=O) groups is 2. The number of ether oxygens (including phenoxy) is 1. The van der Waals surface area contributed by atoms with Crippen LogP contribution in [-0.4, -0.2) is 61.5 Å². The summed E-state index contributed by atoms with van der Waals surface area (Å²) in [5.74, 6) is 1.46. The highest BCUT2D eigenvalue weighted by Gasteiger charge is 2.32. The summed E-state index contributed by atoms with van der Waals surface area (Å²) in [5, 5.41) is 18.1. The number of hydrogen-bond acceptors (Lipinski definition) is 6. The zero-order chi connectivity index (χ0) is 27.0. The average molecular weight is 541 g/mol. The molecule has 2 aliphatic rings. The molecule has 3 aromatic rings. The van der Waals surface area contributed by atoms with Crippen molar-refractivity contribution in [2.75, 3.05) is 23.3 Å². The normalized spacial score (nSPS) is 17.9. The van der Waals surface area contributed by atoms with Gasteiger partial charge in [0.1, 0.15) is 17.2 Å². The van der Waals surface area contributed by atoms with Crippen LogP contribution in [0, 0.1) is 0 Å². The van der Waals surface area contributed by atoms with Gasteiger partial charge in [0.25, 0.3) is 0 Å². The predicted molar refractivity (Wildman–Crippen MR) is 145 cm³/mol. The van der Waals surface area contributed by atoms with Crippen molar-refractivity contribution in [3.05, 3.63) is 52.7 Å². The Kier molecular flexibility index (Phi) is 7.09. The lowest BCUT2D eigenvalue weighted by atomic mass is 10.1. The van der Waals surface area contributed by atoms with Crippen LogP contribution in [0.3, 0.4) is 0 Å². The maximum Gasteiger partial charge on any atom is 0.416 e. The van der Waals surface area contributed by atoms with Gasteiger partial charge in [0.15, 0.2) is 5.65 Å². The van der Waals surface area contributed by atoms with Crippen molar-refractivity contribution in [3.8, 4) is 0 Å². The first-order chi connectivity index (χ1) is 18.1. The molecule has 202 valence electrons. The summed E-state index contributed by atoms with van der Waals surface area (Å²) in [5.41, 5.74) is 1.85. The Bertz CT molecular complexity index is 1350. The fraction of sp³-hybridized carbons (Fsp3) is 0.481. The summed E-state index contributed by atoms with van der Waals surface area (Å²) >= 11 is 6.25. The number of fused-ring (bicyclic) bond motifs is 1. The molecule has 1 atom stereocenters. The molecule has 1 aliphatic heterocycles. The number of hydrogen-bond donors (Lipinski definition) is 2. The molecule has 0 radical (unpaired) electrons. The molecule has 0 bridgehead atoms. The highest BCUT2D eigenvalue weighted by molar-refractivity contribution is 6.30. The van der Waals surface area contributed by atoms with E-state index in [9.17, 15) is 14.7 Å². The minimum absolute atomic E-state index is 0.0992. The smallest absolute Gasteiger partial charge is 0.416 e. The largest absolute Gasteiger partial charge is 0.465 e. The van der Waals surface area contributed by atoms with Crippen LogP contribution in [0.4, 0.5) is 21.2 Å². The van der Waals surface area contributed by atoms with Crippen molar-refractivity contribution < 1.29 is 19.4 Å². The van der Waals surface area contributed by atoms with Gasteiger partial charge >= 0.3 is 12.2 Å². The standard InChI is InChI=1S/C27H33ClN6O4/c1-27(2,3)38-26(37)33(15-17-6-4-7-19(28)12-17)23-13-22(30-20-8-5-11-32(16-20)25(35)36)31-24-21(18-9-10-18)14-29-34(23)24/h4,6-7,12-14,18,20H,5,8-11,15-16H2,1-3H3,(H,30,31)(H,35,36). The van der Waals surface area contributed by atoms with Crippen LogP contribution in [0.15, 0.2) is 36.5 Å². The molecule has 38 heavy (non-hydrogen) atoms. The number of anilines is 2. The molecule has 2 N–H and O–H groups in total. The van der Waals surface area contributed by atoms with Gasteiger partial charge in [-0.3, -0.25) is 4.90 Å². The number of amides is 2. The average Bonchev–Trinajstić information content (AvgIpc) is 3.60. The summed E-state index contributed by atoms with van der Waals surface area (Å²) in [6, 6.07) is 9.04. The summed E-state index contributed by atoms with van der Waals surface area (Å²) in [6.07, 6.45) is 4.11. The number of aromatic nitrogens is 3. The first-order valence-electron chi connectivity index (χ1n) is 13.0. The third-order valence-corrected chi connectivity index (χ3v) is 6.90. The number of benzene rings is 1. The van der Waals surface area contributed by atoms with E-state index < -0.39 is 17.8 Å². The molecule has 1 saturated heterocycles. The summed E-state index contributed by atoms with van der Waals surface area (Å²) in [6.45, 7) is 6.58. The summed E-state index contributed by atoms with van der Waals surface area (Å²) < 4.78 is 7.49. The molecule has 1 unspecified atom stereocenters. The van der Waals surface area contributed by atoms with Crippen LogP contribution in [0.2, 0.25) is 5.02 Å². The van der Waals surface area contributed by atoms with Crippen LogP contribution in [0.5, 0.6) is 0 Å². The zero-order valence-electron chi connectivity index (χ0n) is 21.9. The number of rotatable bonds is 6. The van der Waals surface area contributed by atoms with E-state index in [0.717, 1.165) is 36.8 Å². The van der Waals surface area contributed by atoms with E-state index in [4.69, 9.17) is 21.3 Å². The molecule has 0 spiro atoms. The molecular weight excluding hydrogens is 508 g/mol. The molecule has 2 fully saturated rings. The molecule has 1 saturated carbocycles. The van der Waals surface area contributed by atoms with Crippen LogP contribution in [0.25, 0.3) is 5.65 Å². The molecule has 2 aromatic heterocycles. The molecule has 1 aromatic carbocycles. The van der Waals surface area contributed by atoms with Crippen molar-refractivity contribution in [3.63, 3.8) is 0 Å². The van der Waals surface area contributed by atoms with Gasteiger partial charge in [-0.2, -0.15) is 9.61 Å². The lowest BCUT2D eigenvalue weighted by molar-refractivity contribution is 0.0575. The number of carbonyl (C=O) groups excluding carboxylic acids is 1. The lowest BCUT2D eigenvalue weighted by Crippen LogP contribution is -2.44. The van der Waals surface area contributed by atoms with E-state index in [2.05, 4.69) is 10.4 Å². The fourth-order valence-corrected chi connectivity index (χ4v) is 4.98. The van der Waals surface area contributed by atoms with E-state index in [1.165, 1.54) is 4.90 Å². The SMILES string of the molecule is CC(C)(C)OC(=O)N(Cc1cccc(Cl)c1)c1cc(NC2CCCN(C(=O)O)C2)nc2c(C3CC3)cnn12. The Hall–Kier alpha value is -3.53. The van der Waals surface area contributed by atoms with Gasteiger partial charge in [0.05, 0.1) is 12.7 Å². The monoisotopic (exact) mass is 540 g/mol. The van der Waals surface area contributed by atoms with Crippen LogP contribution < -0.4 is 10.2 Å². The third kappa shape index (κ3) is 5.96. The number of piperidine rings is 1. The summed E-state index contributed by atoms with van der Waals surface area (Å²) in [7, 11) is 0. The van der Waals surface area contributed by atoms with Crippen molar-refractivity contribution in [2.24, 2.45) is 0 Å². The topological polar surface area (TPSA) is 112 Å². The van der Waals surface area contributed by atoms with E-state index in [-0.39, 0.29) is 12.6 Å². The van der Waals surface area contributed by atoms with Crippen molar-refractivity contribution >= 4 is 41.1 Å². The Balaban J connectivity index is 1.57. The number of halogens is 1. The first-order valence-corrected chi connectivity index (χ1v) is 13.3. The first kappa shape index (κ1) is 26.1. The van der Waals surface area contributed by atoms with Crippen LogP contribution in [-0.2, 0) is 11.3 Å². The Morgan fingerprint density at radius 3 is 2.71 bits per heavy atom. The zero-order valence-corrected chi connectivity index (χ0v) is 22.6. The molecule has 11 heteroatoms. The minimum atomic E-state index is -0.926. The number of nitrogens with zero attached hydrogens (tertiary/aromatic N) is 5. The maximum atomic E-state index is 13.6. The van der Waals surface area contributed by atoms with Gasteiger partial charge in [-0.1, -0.05) is 23.7 Å². The molecule has 2 amide bonds. The van der Waals surface area contributed by atoms with E-state index in [1.807, 2.05) is 45.2 Å². The van der Waals surface area contributed by atoms with Gasteiger partial charge in [0, 0.05) is 35.8 Å². The van der Waals surface area contributed by atoms with E-state index in [0.29, 0.717) is 41.3 Å².